The van der Waals surface area contributed by atoms with Crippen LogP contribution in [0.15, 0.2) is 35.5 Å². The molecule has 2 fully saturated rings. The summed E-state index contributed by atoms with van der Waals surface area (Å²) in [5.41, 5.74) is 1.22. The van der Waals surface area contributed by atoms with Gasteiger partial charge in [-0.3, -0.25) is 9.59 Å². The van der Waals surface area contributed by atoms with E-state index in [1.165, 1.54) is 0 Å². The van der Waals surface area contributed by atoms with E-state index >= 15 is 0 Å². The van der Waals surface area contributed by atoms with Gasteiger partial charge in [-0.15, -0.1) is 0 Å². The van der Waals surface area contributed by atoms with Gasteiger partial charge in [-0.25, -0.2) is 0 Å². The van der Waals surface area contributed by atoms with Gasteiger partial charge in [0.1, 0.15) is 6.61 Å². The van der Waals surface area contributed by atoms with Crippen LogP contribution in [0.3, 0.4) is 0 Å². The van der Waals surface area contributed by atoms with Crippen molar-refractivity contribution in [2.24, 2.45) is 28.6 Å². The predicted octanol–water partition coefficient (Wildman–Crippen LogP) is 2.36. The van der Waals surface area contributed by atoms with Crippen molar-refractivity contribution in [3.05, 3.63) is 35.5 Å². The van der Waals surface area contributed by atoms with Crippen LogP contribution in [0.1, 0.15) is 39.5 Å². The molecule has 134 valence electrons. The average Bonchev–Trinajstić information content (AvgIpc) is 2.91. The van der Waals surface area contributed by atoms with Gasteiger partial charge >= 0.3 is 0 Å². The maximum Gasteiger partial charge on any atom is 0.184 e. The zero-order valence-corrected chi connectivity index (χ0v) is 14.9. The first-order valence-electron chi connectivity index (χ1n) is 9.28. The highest BCUT2D eigenvalue weighted by atomic mass is 16.3. The molecule has 0 aliphatic heterocycles. The number of rotatable bonds is 2. The number of fused-ring (bicyclic) bond motifs is 5. The number of Topliss-reactive ketones (excluding diaryl/α,β-unsaturated/α-hetero) is 1. The van der Waals surface area contributed by atoms with E-state index in [9.17, 15) is 19.8 Å². The van der Waals surface area contributed by atoms with Gasteiger partial charge in [-0.2, -0.15) is 0 Å². The maximum absolute atomic E-state index is 12.2. The van der Waals surface area contributed by atoms with Gasteiger partial charge in [0.05, 0.1) is 6.10 Å². The number of aliphatic hydroxyl groups is 2. The van der Waals surface area contributed by atoms with Crippen LogP contribution in [0.2, 0.25) is 0 Å². The van der Waals surface area contributed by atoms with Crippen LogP contribution in [0.25, 0.3) is 0 Å². The topological polar surface area (TPSA) is 74.6 Å². The minimum Gasteiger partial charge on any atom is -0.393 e. The monoisotopic (exact) mass is 342 g/mol. The highest BCUT2D eigenvalue weighted by Crippen LogP contribution is 2.64. The second kappa shape index (κ2) is 5.49. The van der Waals surface area contributed by atoms with Gasteiger partial charge in [0.2, 0.25) is 0 Å². The Morgan fingerprint density at radius 1 is 1.36 bits per heavy atom. The molecule has 0 spiro atoms. The molecular formula is C21H26O4. The number of carbonyl (C=O) groups excluding carboxylic acids is 2. The van der Waals surface area contributed by atoms with Gasteiger partial charge < -0.3 is 10.2 Å². The Bertz CT molecular complexity index is 730. The first-order valence-corrected chi connectivity index (χ1v) is 9.28. The molecule has 4 heteroatoms. The molecule has 4 aliphatic carbocycles. The number of hydrogen-bond acceptors (Lipinski definition) is 4. The summed E-state index contributed by atoms with van der Waals surface area (Å²) in [6, 6.07) is 0. The largest absolute Gasteiger partial charge is 0.393 e. The van der Waals surface area contributed by atoms with Gasteiger partial charge in [-0.05, 0) is 55.2 Å². The van der Waals surface area contributed by atoms with Crippen molar-refractivity contribution in [1.29, 1.82) is 0 Å². The average molecular weight is 342 g/mol. The van der Waals surface area contributed by atoms with Gasteiger partial charge in [0.25, 0.3) is 0 Å². The summed E-state index contributed by atoms with van der Waals surface area (Å²) < 4.78 is 0. The lowest BCUT2D eigenvalue weighted by atomic mass is 9.47. The lowest BCUT2D eigenvalue weighted by Crippen LogP contribution is -2.55. The molecular weight excluding hydrogens is 316 g/mol. The van der Waals surface area contributed by atoms with Gasteiger partial charge in [0, 0.05) is 16.7 Å². The Hall–Kier alpha value is -1.52. The van der Waals surface area contributed by atoms with Crippen LogP contribution in [0.4, 0.5) is 0 Å². The molecule has 0 aromatic rings. The van der Waals surface area contributed by atoms with Crippen LogP contribution in [-0.2, 0) is 9.59 Å². The molecule has 0 aromatic heterocycles. The van der Waals surface area contributed by atoms with Crippen LogP contribution in [0.5, 0.6) is 0 Å². The minimum absolute atomic E-state index is 0.0411. The van der Waals surface area contributed by atoms with Gasteiger partial charge in [-0.1, -0.05) is 31.6 Å². The number of carbonyl (C=O) groups is 2. The third-order valence-electron chi connectivity index (χ3n) is 7.52. The second-order valence-electron chi connectivity index (χ2n) is 8.65. The Morgan fingerprint density at radius 2 is 2.12 bits per heavy atom. The first-order chi connectivity index (χ1) is 11.8. The third kappa shape index (κ3) is 2.20. The van der Waals surface area contributed by atoms with Crippen molar-refractivity contribution in [3.63, 3.8) is 0 Å². The van der Waals surface area contributed by atoms with Crippen LogP contribution >= 0.6 is 0 Å². The summed E-state index contributed by atoms with van der Waals surface area (Å²) in [4.78, 5) is 24.0. The smallest absolute Gasteiger partial charge is 0.184 e. The van der Waals surface area contributed by atoms with Crippen molar-refractivity contribution in [2.45, 2.75) is 45.6 Å². The lowest BCUT2D eigenvalue weighted by molar-refractivity contribution is -0.124. The van der Waals surface area contributed by atoms with Crippen molar-refractivity contribution >= 4 is 11.6 Å². The Balaban J connectivity index is 1.72. The fourth-order valence-corrected chi connectivity index (χ4v) is 6.41. The van der Waals surface area contributed by atoms with E-state index in [1.807, 2.05) is 12.2 Å². The summed E-state index contributed by atoms with van der Waals surface area (Å²) in [6.45, 7) is 3.76. The van der Waals surface area contributed by atoms with E-state index in [0.29, 0.717) is 23.8 Å². The molecule has 2 N–H and O–H groups in total. The maximum atomic E-state index is 12.2. The molecule has 4 rings (SSSR count). The molecule has 0 saturated heterocycles. The summed E-state index contributed by atoms with van der Waals surface area (Å²) in [6.07, 6.45) is 10.1. The number of ketones is 2. The van der Waals surface area contributed by atoms with Crippen LogP contribution in [-0.4, -0.2) is 34.5 Å². The molecule has 25 heavy (non-hydrogen) atoms. The molecule has 4 nitrogen and oxygen atoms in total. The SMILES string of the molecule is C[C@]12C=CC(=O)C=C1CC[C@@H]1[C@@H]2[C@H](O)C[C@]2(C)C(C(=O)CO)=CC[C@H]12. The van der Waals surface area contributed by atoms with E-state index < -0.39 is 12.7 Å². The third-order valence-corrected chi connectivity index (χ3v) is 7.52. The van der Waals surface area contributed by atoms with Crippen molar-refractivity contribution < 1.29 is 19.8 Å². The Labute approximate surface area is 148 Å². The van der Waals surface area contributed by atoms with Crippen LogP contribution in [0, 0.1) is 28.6 Å². The summed E-state index contributed by atoms with van der Waals surface area (Å²) in [5.74, 6) is 0.539. The number of hydrogen-bond donors (Lipinski definition) is 2. The number of aliphatic hydroxyl groups excluding tert-OH is 2. The molecule has 0 bridgehead atoms. The van der Waals surface area contributed by atoms with E-state index in [0.717, 1.165) is 24.8 Å². The molecule has 6 atom stereocenters. The quantitative estimate of drug-likeness (QED) is 0.808. The summed E-state index contributed by atoms with van der Waals surface area (Å²) in [7, 11) is 0. The number of allylic oxidation sites excluding steroid dienone is 5. The standard InChI is InChI=1S/C21H26O4/c1-20-8-7-13(23)9-12(20)3-4-14-15-5-6-16(18(25)11-22)21(15,2)10-17(24)19(14)20/h6-9,14-15,17,19,22,24H,3-5,10-11H2,1-2H3/t14-,15+,17+,19+,20-,21-/m0/s1. The highest BCUT2D eigenvalue weighted by molar-refractivity contribution is 6.01. The van der Waals surface area contributed by atoms with Crippen LogP contribution < -0.4 is 0 Å². The zero-order valence-electron chi connectivity index (χ0n) is 14.9. The second-order valence-corrected chi connectivity index (χ2v) is 8.65. The molecule has 4 aliphatic rings. The highest BCUT2D eigenvalue weighted by Gasteiger charge is 2.60. The minimum atomic E-state index is -0.522. The Morgan fingerprint density at radius 3 is 2.84 bits per heavy atom. The fourth-order valence-electron chi connectivity index (χ4n) is 6.41. The Kier molecular flexibility index (Phi) is 3.71. The molecule has 0 heterocycles. The van der Waals surface area contributed by atoms with Crippen molar-refractivity contribution in [1.82, 2.24) is 0 Å². The van der Waals surface area contributed by atoms with E-state index in [1.54, 1.807) is 12.2 Å². The predicted molar refractivity (Wildman–Crippen MR) is 93.6 cm³/mol. The molecule has 0 amide bonds. The van der Waals surface area contributed by atoms with Crippen molar-refractivity contribution in [2.75, 3.05) is 6.61 Å². The fraction of sp³-hybridized carbons (Fsp3) is 0.619. The summed E-state index contributed by atoms with van der Waals surface area (Å²) >= 11 is 0. The zero-order chi connectivity index (χ0) is 18.0. The van der Waals surface area contributed by atoms with Crippen molar-refractivity contribution in [3.8, 4) is 0 Å². The molecule has 0 radical (unpaired) electrons. The van der Waals surface area contributed by atoms with E-state index in [4.69, 9.17) is 0 Å². The molecule has 0 unspecified atom stereocenters. The van der Waals surface area contributed by atoms with Gasteiger partial charge in [0.15, 0.2) is 11.6 Å². The lowest BCUT2D eigenvalue weighted by Gasteiger charge is -2.58. The summed E-state index contributed by atoms with van der Waals surface area (Å²) in [5, 5.41) is 20.4. The van der Waals surface area contributed by atoms with E-state index in [-0.39, 0.29) is 28.3 Å². The normalized spacial score (nSPS) is 45.2. The molecule has 0 aromatic carbocycles. The van der Waals surface area contributed by atoms with E-state index in [2.05, 4.69) is 13.8 Å². The first kappa shape index (κ1) is 16.9. The molecule has 2 saturated carbocycles.